The fourth-order valence-corrected chi connectivity index (χ4v) is 7.07. The minimum Gasteiger partial charge on any atom is -0.393 e. The van der Waals surface area contributed by atoms with Gasteiger partial charge in [-0.1, -0.05) is 138 Å². The summed E-state index contributed by atoms with van der Waals surface area (Å²) in [6.07, 6.45) is 17.9. The molecule has 1 aliphatic carbocycles. The molecule has 236 valence electrons. The Morgan fingerprint density at radius 2 is 1.49 bits per heavy atom. The number of anilines is 2. The van der Waals surface area contributed by atoms with E-state index in [1.165, 1.54) is 40.9 Å². The van der Waals surface area contributed by atoms with E-state index >= 15 is 0 Å². The number of rotatable bonds is 17. The first-order valence-corrected chi connectivity index (χ1v) is 17.3. The zero-order chi connectivity index (χ0) is 32.0. The molecule has 0 radical (unpaired) electrons. The molecule has 0 fully saturated rings. The van der Waals surface area contributed by atoms with Crippen LogP contribution in [0.5, 0.6) is 0 Å². The maximum Gasteiger partial charge on any atom is 0.0543 e. The Morgan fingerprint density at radius 3 is 2.09 bits per heavy atom. The summed E-state index contributed by atoms with van der Waals surface area (Å²) < 4.78 is 0. The molecule has 0 amide bonds. The molecule has 1 aliphatic rings. The lowest BCUT2D eigenvalue weighted by molar-refractivity contribution is 0.0744. The van der Waals surface area contributed by atoms with Crippen LogP contribution >= 0.6 is 0 Å². The van der Waals surface area contributed by atoms with Gasteiger partial charge in [-0.25, -0.2) is 0 Å². The zero-order valence-electron chi connectivity index (χ0n) is 28.1. The summed E-state index contributed by atoms with van der Waals surface area (Å²) in [4.78, 5) is 2.57. The predicted molar refractivity (Wildman–Crippen MR) is 195 cm³/mol. The minimum absolute atomic E-state index is 0.130. The van der Waals surface area contributed by atoms with Crippen molar-refractivity contribution in [2.45, 2.75) is 97.6 Å². The molecule has 4 rings (SSSR count). The van der Waals surface area contributed by atoms with Crippen molar-refractivity contribution in [2.75, 3.05) is 4.90 Å². The molecule has 0 aliphatic heterocycles. The van der Waals surface area contributed by atoms with Crippen LogP contribution in [0.15, 0.2) is 114 Å². The largest absolute Gasteiger partial charge is 0.393 e. The lowest BCUT2D eigenvalue weighted by atomic mass is 9.69. The van der Waals surface area contributed by atoms with Gasteiger partial charge < -0.3 is 10.0 Å². The summed E-state index contributed by atoms with van der Waals surface area (Å²) in [5.41, 5.74) is 14.0. The number of benzene rings is 3. The predicted octanol–water partition coefficient (Wildman–Crippen LogP) is 11.7. The molecule has 1 N–H and O–H groups in total. The van der Waals surface area contributed by atoms with Gasteiger partial charge in [0.2, 0.25) is 0 Å². The van der Waals surface area contributed by atoms with Gasteiger partial charge in [-0.15, -0.1) is 0 Å². The van der Waals surface area contributed by atoms with Gasteiger partial charge >= 0.3 is 0 Å². The summed E-state index contributed by atoms with van der Waals surface area (Å²) in [6.45, 7) is 11.0. The van der Waals surface area contributed by atoms with Gasteiger partial charge in [0.25, 0.3) is 0 Å². The molecule has 0 saturated heterocycles. The van der Waals surface area contributed by atoms with Crippen LogP contribution < -0.4 is 4.90 Å². The van der Waals surface area contributed by atoms with Gasteiger partial charge in [0, 0.05) is 28.9 Å². The number of nitrogens with zero attached hydrogens (tertiary/aromatic N) is 1. The normalized spacial score (nSPS) is 15.9. The summed E-state index contributed by atoms with van der Waals surface area (Å²) in [5, 5.41) is 10.9. The van der Waals surface area contributed by atoms with Gasteiger partial charge in [0.15, 0.2) is 0 Å². The maximum absolute atomic E-state index is 10.9. The maximum atomic E-state index is 10.9. The molecular formula is C43H53NO. The average Bonchev–Trinajstić information content (AvgIpc) is 3.07. The van der Waals surface area contributed by atoms with Gasteiger partial charge in [0.1, 0.15) is 0 Å². The Bertz CT molecular complexity index is 1480. The Labute approximate surface area is 273 Å². The monoisotopic (exact) mass is 599 g/mol. The van der Waals surface area contributed by atoms with Crippen LogP contribution in [0, 0.1) is 11.8 Å². The number of hydrogen-bond donors (Lipinski definition) is 1. The van der Waals surface area contributed by atoms with Crippen LogP contribution in [-0.4, -0.2) is 17.3 Å². The quantitative estimate of drug-likeness (QED) is 0.123. The third-order valence-corrected chi connectivity index (χ3v) is 9.37. The van der Waals surface area contributed by atoms with E-state index in [-0.39, 0.29) is 17.9 Å². The number of aliphatic hydroxyl groups is 1. The van der Waals surface area contributed by atoms with Crippen molar-refractivity contribution in [1.82, 2.24) is 0 Å². The highest BCUT2D eigenvalue weighted by Gasteiger charge is 2.34. The van der Waals surface area contributed by atoms with E-state index < -0.39 is 0 Å². The molecule has 0 bridgehead atoms. The SMILES string of the molecule is CCCCC(CC)N(c1ccc(/C=C/c2ccccc2)cc1)c1cccc(C(C2=C=C=CC=C2)C(CCC)C(CC)C(C)O)c1. The van der Waals surface area contributed by atoms with Crippen molar-refractivity contribution in [1.29, 1.82) is 0 Å². The summed E-state index contributed by atoms with van der Waals surface area (Å²) in [5.74, 6) is 0.631. The van der Waals surface area contributed by atoms with Crippen LogP contribution in [-0.2, 0) is 0 Å². The summed E-state index contributed by atoms with van der Waals surface area (Å²) >= 11 is 0. The second-order valence-corrected chi connectivity index (χ2v) is 12.5. The van der Waals surface area contributed by atoms with Crippen molar-refractivity contribution < 1.29 is 5.11 Å². The van der Waals surface area contributed by atoms with Crippen molar-refractivity contribution in [3.63, 3.8) is 0 Å². The van der Waals surface area contributed by atoms with E-state index in [4.69, 9.17) is 0 Å². The first-order chi connectivity index (χ1) is 22.0. The Hall–Kier alpha value is -3.80. The highest BCUT2D eigenvalue weighted by Crippen LogP contribution is 2.44. The number of allylic oxidation sites excluding steroid dienone is 4. The highest BCUT2D eigenvalue weighted by atomic mass is 16.3. The fraction of sp³-hybridized carbons (Fsp3) is 0.395. The minimum atomic E-state index is -0.366. The molecule has 45 heavy (non-hydrogen) atoms. The molecule has 3 aromatic rings. The van der Waals surface area contributed by atoms with Crippen LogP contribution in [0.2, 0.25) is 0 Å². The second-order valence-electron chi connectivity index (χ2n) is 12.5. The van der Waals surface area contributed by atoms with E-state index in [2.05, 4.69) is 147 Å². The van der Waals surface area contributed by atoms with E-state index in [9.17, 15) is 5.11 Å². The Balaban J connectivity index is 1.78. The smallest absolute Gasteiger partial charge is 0.0543 e. The molecule has 0 saturated carbocycles. The molecule has 2 heteroatoms. The fourth-order valence-electron chi connectivity index (χ4n) is 7.07. The standard InChI is InChI=1S/C43H53NO/c1-6-10-24-38(8-3)44(39-30-28-35(29-31-39)27-26-34-19-13-11-14-20-34)40-25-17-23-37(32-40)43(36-21-15-12-16-22-36)42(18-7-2)41(9-4)33(5)45/h11-15,17,19-21,23,25-33,38,41-43,45H,6-10,18,24H2,1-5H3/b27-26+. The lowest BCUT2D eigenvalue weighted by Crippen LogP contribution is -2.32. The zero-order valence-corrected chi connectivity index (χ0v) is 28.1. The highest BCUT2D eigenvalue weighted by molar-refractivity contribution is 5.72. The van der Waals surface area contributed by atoms with Crippen LogP contribution in [0.4, 0.5) is 11.4 Å². The van der Waals surface area contributed by atoms with Crippen molar-refractivity contribution in [3.8, 4) is 0 Å². The Morgan fingerprint density at radius 1 is 0.756 bits per heavy atom. The summed E-state index contributed by atoms with van der Waals surface area (Å²) in [6, 6.07) is 29.1. The Kier molecular flexibility index (Phi) is 13.3. The molecule has 5 unspecified atom stereocenters. The van der Waals surface area contributed by atoms with Crippen LogP contribution in [0.3, 0.4) is 0 Å². The van der Waals surface area contributed by atoms with E-state index in [0.717, 1.165) is 37.7 Å². The van der Waals surface area contributed by atoms with Crippen LogP contribution in [0.25, 0.3) is 12.2 Å². The van der Waals surface area contributed by atoms with Gasteiger partial charge in [0.05, 0.1) is 6.10 Å². The van der Waals surface area contributed by atoms with E-state index in [0.29, 0.717) is 12.0 Å². The average molecular weight is 600 g/mol. The molecular weight excluding hydrogens is 546 g/mol. The van der Waals surface area contributed by atoms with Crippen LogP contribution in [0.1, 0.15) is 102 Å². The van der Waals surface area contributed by atoms with E-state index in [1.807, 2.05) is 13.0 Å². The molecule has 0 heterocycles. The molecule has 0 spiro atoms. The van der Waals surface area contributed by atoms with Crippen molar-refractivity contribution in [2.24, 2.45) is 11.8 Å². The first-order valence-electron chi connectivity index (χ1n) is 17.3. The molecule has 0 aromatic heterocycles. The molecule has 5 atom stereocenters. The number of aliphatic hydroxyl groups excluding tert-OH is 1. The summed E-state index contributed by atoms with van der Waals surface area (Å²) in [7, 11) is 0. The number of unbranched alkanes of at least 4 members (excludes halogenated alkanes) is 1. The van der Waals surface area contributed by atoms with Gasteiger partial charge in [-0.05, 0) is 91.1 Å². The topological polar surface area (TPSA) is 23.5 Å². The van der Waals surface area contributed by atoms with E-state index in [1.54, 1.807) is 0 Å². The van der Waals surface area contributed by atoms with Gasteiger partial charge in [-0.3, -0.25) is 0 Å². The lowest BCUT2D eigenvalue weighted by Gasteiger charge is -2.37. The third kappa shape index (κ3) is 9.12. The second kappa shape index (κ2) is 17.6. The molecule has 3 aromatic carbocycles. The molecule has 2 nitrogen and oxygen atoms in total. The third-order valence-electron chi connectivity index (χ3n) is 9.37. The number of hydrogen-bond acceptors (Lipinski definition) is 2. The first kappa shape index (κ1) is 34.1. The van der Waals surface area contributed by atoms with Gasteiger partial charge in [-0.2, -0.15) is 0 Å². The van der Waals surface area contributed by atoms with Crippen molar-refractivity contribution in [3.05, 3.63) is 131 Å². The van der Waals surface area contributed by atoms with Crippen molar-refractivity contribution >= 4 is 23.5 Å².